The van der Waals surface area contributed by atoms with Crippen LogP contribution in [0.3, 0.4) is 0 Å². The standard InChI is InChI=1S/C20H28F2N2O/c1-4-17(22)18(5-2)24-19(14(3)12-23)25-13-20-10-6-7-15(20)8-9-16(21)11-20/h15-16H,3-11,13H2,1-2H3/b18-17-,24-19+/t15?,16?,20-/m0/s1. The normalized spacial score (nSPS) is 30.3. The van der Waals surface area contributed by atoms with Crippen molar-refractivity contribution >= 4 is 5.90 Å². The number of allylic oxidation sites excluding steroid dienone is 2. The van der Waals surface area contributed by atoms with Crippen LogP contribution in [0.25, 0.3) is 0 Å². The first-order chi connectivity index (χ1) is 12.0. The third-order valence-electron chi connectivity index (χ3n) is 5.63. The number of hydrogen-bond donors (Lipinski definition) is 0. The number of hydrogen-bond acceptors (Lipinski definition) is 3. The van der Waals surface area contributed by atoms with Gasteiger partial charge in [0, 0.05) is 5.41 Å². The summed E-state index contributed by atoms with van der Waals surface area (Å²) in [5.41, 5.74) is 0.169. The first-order valence-corrected chi connectivity index (χ1v) is 9.28. The monoisotopic (exact) mass is 350 g/mol. The fourth-order valence-corrected chi connectivity index (χ4v) is 4.21. The summed E-state index contributed by atoms with van der Waals surface area (Å²) in [6.07, 6.45) is 5.00. The summed E-state index contributed by atoms with van der Waals surface area (Å²) in [7, 11) is 0. The highest BCUT2D eigenvalue weighted by Gasteiger charge is 2.47. The molecule has 3 atom stereocenters. The SMILES string of the molecule is C=C(C#N)/C(=N\C(CC)=C(/F)CC)OC[C@@]12CCCC1CCC(F)C2. The van der Waals surface area contributed by atoms with Crippen LogP contribution in [0.5, 0.6) is 0 Å². The maximum Gasteiger partial charge on any atom is 0.231 e. The van der Waals surface area contributed by atoms with Gasteiger partial charge in [-0.25, -0.2) is 13.8 Å². The van der Waals surface area contributed by atoms with Gasteiger partial charge >= 0.3 is 0 Å². The van der Waals surface area contributed by atoms with Gasteiger partial charge in [0.2, 0.25) is 5.90 Å². The van der Waals surface area contributed by atoms with Crippen LogP contribution in [0.15, 0.2) is 28.7 Å². The Balaban J connectivity index is 2.21. The van der Waals surface area contributed by atoms with Crippen LogP contribution in [0.1, 0.15) is 65.2 Å². The molecule has 0 radical (unpaired) electrons. The maximum absolute atomic E-state index is 14.0. The quantitative estimate of drug-likeness (QED) is 0.346. The topological polar surface area (TPSA) is 45.4 Å². The highest BCUT2D eigenvalue weighted by atomic mass is 19.1. The Bertz CT molecular complexity index is 605. The van der Waals surface area contributed by atoms with Gasteiger partial charge in [-0.3, -0.25) is 0 Å². The average molecular weight is 350 g/mol. The molecule has 0 N–H and O–H groups in total. The molecule has 0 aromatic carbocycles. The second kappa shape index (κ2) is 8.60. The molecule has 0 aliphatic heterocycles. The molecule has 0 heterocycles. The van der Waals surface area contributed by atoms with E-state index in [-0.39, 0.29) is 34.8 Å². The first kappa shape index (κ1) is 19.6. The summed E-state index contributed by atoms with van der Waals surface area (Å²) in [6, 6.07) is 1.94. The lowest BCUT2D eigenvalue weighted by molar-refractivity contribution is 0.0166. The second-order valence-electron chi connectivity index (χ2n) is 7.18. The predicted octanol–water partition coefficient (Wildman–Crippen LogP) is 5.79. The third-order valence-corrected chi connectivity index (χ3v) is 5.63. The van der Waals surface area contributed by atoms with Crippen LogP contribution >= 0.6 is 0 Å². The maximum atomic E-state index is 14.0. The van der Waals surface area contributed by atoms with E-state index < -0.39 is 6.17 Å². The van der Waals surface area contributed by atoms with Gasteiger partial charge in [-0.15, -0.1) is 0 Å². The van der Waals surface area contributed by atoms with Crippen LogP contribution < -0.4 is 0 Å². The smallest absolute Gasteiger partial charge is 0.231 e. The van der Waals surface area contributed by atoms with E-state index in [1.54, 1.807) is 13.8 Å². The molecule has 0 saturated heterocycles. The van der Waals surface area contributed by atoms with Crippen molar-refractivity contribution in [2.24, 2.45) is 16.3 Å². The van der Waals surface area contributed by atoms with Crippen LogP contribution in [0.2, 0.25) is 0 Å². The Morgan fingerprint density at radius 2 is 2.08 bits per heavy atom. The minimum atomic E-state index is -0.791. The van der Waals surface area contributed by atoms with Crippen molar-refractivity contribution in [3.8, 4) is 6.07 Å². The van der Waals surface area contributed by atoms with E-state index in [9.17, 15) is 14.0 Å². The molecule has 0 spiro atoms. The molecule has 0 aromatic heterocycles. The van der Waals surface area contributed by atoms with E-state index in [4.69, 9.17) is 4.74 Å². The van der Waals surface area contributed by atoms with Crippen molar-refractivity contribution in [2.75, 3.05) is 6.61 Å². The van der Waals surface area contributed by atoms with Crippen molar-refractivity contribution in [2.45, 2.75) is 71.4 Å². The second-order valence-corrected chi connectivity index (χ2v) is 7.18. The van der Waals surface area contributed by atoms with Gasteiger partial charge in [0.05, 0.1) is 12.3 Å². The van der Waals surface area contributed by atoms with Crippen LogP contribution in [0, 0.1) is 22.7 Å². The Hall–Kier alpha value is -1.70. The number of fused-ring (bicyclic) bond motifs is 1. The molecule has 138 valence electrons. The van der Waals surface area contributed by atoms with E-state index in [1.807, 2.05) is 6.07 Å². The number of rotatable bonds is 6. The van der Waals surface area contributed by atoms with E-state index in [0.717, 1.165) is 25.7 Å². The van der Waals surface area contributed by atoms with Gasteiger partial charge in [-0.05, 0) is 50.9 Å². The molecule has 3 nitrogen and oxygen atoms in total. The summed E-state index contributed by atoms with van der Waals surface area (Å²) < 4.78 is 33.8. The first-order valence-electron chi connectivity index (χ1n) is 9.28. The number of alkyl halides is 1. The van der Waals surface area contributed by atoms with Gasteiger partial charge in [0.25, 0.3) is 0 Å². The molecule has 0 aromatic rings. The zero-order valence-electron chi connectivity index (χ0n) is 15.3. The fourth-order valence-electron chi connectivity index (χ4n) is 4.21. The molecule has 2 unspecified atom stereocenters. The van der Waals surface area contributed by atoms with E-state index in [2.05, 4.69) is 11.6 Å². The minimum absolute atomic E-state index is 0.0731. The number of halogens is 2. The summed E-state index contributed by atoms with van der Waals surface area (Å²) in [6.45, 7) is 7.51. The molecule has 2 saturated carbocycles. The Labute approximate surface area is 149 Å². The Morgan fingerprint density at radius 1 is 1.32 bits per heavy atom. The zero-order valence-corrected chi connectivity index (χ0v) is 15.3. The molecule has 0 bridgehead atoms. The number of aliphatic imine (C=N–C) groups is 1. The van der Waals surface area contributed by atoms with E-state index >= 15 is 0 Å². The number of nitrogens with zero attached hydrogens (tertiary/aromatic N) is 2. The summed E-state index contributed by atoms with van der Waals surface area (Å²) >= 11 is 0. The highest BCUT2D eigenvalue weighted by Crippen LogP contribution is 2.53. The van der Waals surface area contributed by atoms with Gasteiger partial charge in [0.15, 0.2) is 0 Å². The van der Waals surface area contributed by atoms with Gasteiger partial charge < -0.3 is 4.74 Å². The van der Waals surface area contributed by atoms with E-state index in [0.29, 0.717) is 31.8 Å². The van der Waals surface area contributed by atoms with Gasteiger partial charge in [-0.2, -0.15) is 5.26 Å². The fraction of sp³-hybridized carbons (Fsp3) is 0.700. The van der Waals surface area contributed by atoms with Crippen molar-refractivity contribution in [3.63, 3.8) is 0 Å². The zero-order chi connectivity index (χ0) is 18.4. The predicted molar refractivity (Wildman–Crippen MR) is 95.4 cm³/mol. The molecule has 25 heavy (non-hydrogen) atoms. The molecular formula is C20H28F2N2O. The lowest BCUT2D eigenvalue weighted by atomic mass is 9.68. The van der Waals surface area contributed by atoms with Crippen molar-refractivity contribution in [3.05, 3.63) is 23.7 Å². The van der Waals surface area contributed by atoms with Crippen molar-refractivity contribution in [1.82, 2.24) is 0 Å². The summed E-state index contributed by atoms with van der Waals surface area (Å²) in [5.74, 6) is 0.223. The number of nitriles is 1. The van der Waals surface area contributed by atoms with Gasteiger partial charge in [-0.1, -0.05) is 26.8 Å². The van der Waals surface area contributed by atoms with Crippen molar-refractivity contribution in [1.29, 1.82) is 5.26 Å². The van der Waals surface area contributed by atoms with Crippen LogP contribution in [-0.4, -0.2) is 18.7 Å². The lowest BCUT2D eigenvalue weighted by Gasteiger charge is -2.40. The third kappa shape index (κ3) is 4.48. The number of ether oxygens (including phenoxy) is 1. The van der Waals surface area contributed by atoms with E-state index in [1.165, 1.54) is 0 Å². The van der Waals surface area contributed by atoms with Gasteiger partial charge in [0.1, 0.15) is 23.6 Å². The van der Waals surface area contributed by atoms with Crippen LogP contribution in [0.4, 0.5) is 8.78 Å². The molecule has 2 fully saturated rings. The van der Waals surface area contributed by atoms with Crippen molar-refractivity contribution < 1.29 is 13.5 Å². The highest BCUT2D eigenvalue weighted by molar-refractivity contribution is 5.97. The molecular weight excluding hydrogens is 322 g/mol. The largest absolute Gasteiger partial charge is 0.476 e. The Morgan fingerprint density at radius 3 is 2.72 bits per heavy atom. The molecule has 5 heteroatoms. The molecule has 2 rings (SSSR count). The average Bonchev–Trinajstić information content (AvgIpc) is 3.03. The lowest BCUT2D eigenvalue weighted by Crippen LogP contribution is -2.38. The minimum Gasteiger partial charge on any atom is -0.476 e. The summed E-state index contributed by atoms with van der Waals surface area (Å²) in [5, 5.41) is 9.17. The summed E-state index contributed by atoms with van der Waals surface area (Å²) in [4.78, 5) is 4.23. The molecule has 0 amide bonds. The Kier molecular flexibility index (Phi) is 6.75. The molecule has 2 aliphatic rings. The van der Waals surface area contributed by atoms with Crippen LogP contribution in [-0.2, 0) is 4.74 Å². The molecule has 2 aliphatic carbocycles.